The number of carbonyl (C=O) groups is 1. The summed E-state index contributed by atoms with van der Waals surface area (Å²) in [5.74, 6) is 0.842. The van der Waals surface area contributed by atoms with Gasteiger partial charge < -0.3 is 21.1 Å². The number of amides is 1. The monoisotopic (exact) mass is 312 g/mol. The van der Waals surface area contributed by atoms with Crippen molar-refractivity contribution in [2.24, 2.45) is 16.6 Å². The highest BCUT2D eigenvalue weighted by atomic mass is 16.5. The summed E-state index contributed by atoms with van der Waals surface area (Å²) in [6.07, 6.45) is 5.77. The zero-order chi connectivity index (χ0) is 15.9. The molecule has 1 unspecified atom stereocenters. The average molecular weight is 312 g/mol. The molecule has 0 radical (unpaired) electrons. The van der Waals surface area contributed by atoms with E-state index in [2.05, 4.69) is 15.6 Å². The van der Waals surface area contributed by atoms with Crippen LogP contribution < -0.4 is 21.1 Å². The molecule has 3 aliphatic rings. The van der Waals surface area contributed by atoms with Crippen molar-refractivity contribution in [3.05, 3.63) is 41.6 Å². The number of nitrogens with zero attached hydrogens (tertiary/aromatic N) is 1. The van der Waals surface area contributed by atoms with Crippen molar-refractivity contribution < 1.29 is 9.53 Å². The molecule has 6 nitrogen and oxygen atoms in total. The van der Waals surface area contributed by atoms with E-state index in [0.717, 1.165) is 37.2 Å². The summed E-state index contributed by atoms with van der Waals surface area (Å²) in [7, 11) is 0. The predicted octanol–water partition coefficient (Wildman–Crippen LogP) is 0.643. The van der Waals surface area contributed by atoms with E-state index in [9.17, 15) is 4.79 Å². The lowest BCUT2D eigenvalue weighted by atomic mass is 9.93. The Morgan fingerprint density at radius 3 is 2.48 bits per heavy atom. The maximum atomic E-state index is 11.3. The van der Waals surface area contributed by atoms with Gasteiger partial charge in [-0.05, 0) is 30.5 Å². The second-order valence-corrected chi connectivity index (χ2v) is 6.33. The molecule has 1 amide bonds. The fourth-order valence-corrected chi connectivity index (χ4v) is 3.01. The number of rotatable bonds is 5. The van der Waals surface area contributed by atoms with Crippen molar-refractivity contribution in [2.75, 3.05) is 13.1 Å². The molecule has 4 rings (SSSR count). The predicted molar refractivity (Wildman–Crippen MR) is 87.0 cm³/mol. The molecule has 0 bridgehead atoms. The molecule has 2 heterocycles. The highest BCUT2D eigenvalue weighted by molar-refractivity contribution is 6.11. The van der Waals surface area contributed by atoms with Crippen molar-refractivity contribution in [1.29, 1.82) is 0 Å². The molecule has 0 aromatic heterocycles. The Morgan fingerprint density at radius 2 is 2.00 bits per heavy atom. The van der Waals surface area contributed by atoms with Crippen LogP contribution in [0.25, 0.3) is 0 Å². The van der Waals surface area contributed by atoms with E-state index in [-0.39, 0.29) is 6.10 Å². The van der Waals surface area contributed by atoms with Crippen molar-refractivity contribution in [1.82, 2.24) is 10.6 Å². The van der Waals surface area contributed by atoms with Crippen molar-refractivity contribution in [2.45, 2.75) is 24.6 Å². The lowest BCUT2D eigenvalue weighted by molar-refractivity contribution is -0.114. The Kier molecular flexibility index (Phi) is 3.34. The molecule has 2 aliphatic heterocycles. The summed E-state index contributed by atoms with van der Waals surface area (Å²) < 4.78 is 5.86. The number of hydrogen-bond acceptors (Lipinski definition) is 5. The van der Waals surface area contributed by atoms with Crippen molar-refractivity contribution in [3.63, 3.8) is 0 Å². The SMILES string of the molecule is NC(=O)C1=CNC(c2ccc(OC3CNC3)cc2)(C2CC2)N=C1. The van der Waals surface area contributed by atoms with Crippen LogP contribution in [0.3, 0.4) is 0 Å². The number of primary amides is 1. The minimum Gasteiger partial charge on any atom is -0.488 e. The fraction of sp³-hybridized carbons (Fsp3) is 0.412. The van der Waals surface area contributed by atoms with Crippen LogP contribution in [-0.4, -0.2) is 31.3 Å². The number of hydrogen-bond donors (Lipinski definition) is 3. The van der Waals surface area contributed by atoms with Gasteiger partial charge in [0.25, 0.3) is 5.91 Å². The molecule has 1 atom stereocenters. The molecule has 120 valence electrons. The van der Waals surface area contributed by atoms with E-state index in [1.54, 1.807) is 12.4 Å². The molecular formula is C17H20N4O2. The Morgan fingerprint density at radius 1 is 1.26 bits per heavy atom. The van der Waals surface area contributed by atoms with Gasteiger partial charge in [-0.1, -0.05) is 12.1 Å². The Bertz CT molecular complexity index is 674. The Hall–Kier alpha value is -2.34. The zero-order valence-corrected chi connectivity index (χ0v) is 12.8. The molecule has 0 spiro atoms. The third kappa shape index (κ3) is 2.59. The summed E-state index contributed by atoms with van der Waals surface area (Å²) in [6, 6.07) is 8.07. The number of nitrogens with two attached hydrogens (primary N) is 1. The van der Waals surface area contributed by atoms with Crippen LogP contribution in [0.15, 0.2) is 41.0 Å². The molecule has 2 fully saturated rings. The first kappa shape index (κ1) is 14.3. The lowest BCUT2D eigenvalue weighted by Gasteiger charge is -2.34. The number of nitrogens with one attached hydrogen (secondary N) is 2. The van der Waals surface area contributed by atoms with Gasteiger partial charge in [-0.2, -0.15) is 0 Å². The maximum absolute atomic E-state index is 11.3. The van der Waals surface area contributed by atoms with Gasteiger partial charge in [0.1, 0.15) is 11.9 Å². The summed E-state index contributed by atoms with van der Waals surface area (Å²) in [5.41, 5.74) is 6.30. The van der Waals surface area contributed by atoms with Crippen LogP contribution in [-0.2, 0) is 10.5 Å². The number of aliphatic imine (C=N–C) groups is 1. The number of benzene rings is 1. The Balaban J connectivity index is 1.56. The van der Waals surface area contributed by atoms with E-state index >= 15 is 0 Å². The second kappa shape index (κ2) is 5.38. The van der Waals surface area contributed by atoms with E-state index in [1.807, 2.05) is 24.3 Å². The van der Waals surface area contributed by atoms with Gasteiger partial charge in [0, 0.05) is 31.4 Å². The molecule has 1 saturated heterocycles. The second-order valence-electron chi connectivity index (χ2n) is 6.33. The maximum Gasteiger partial charge on any atom is 0.251 e. The van der Waals surface area contributed by atoms with Crippen molar-refractivity contribution >= 4 is 12.1 Å². The van der Waals surface area contributed by atoms with Gasteiger partial charge in [0.05, 0.1) is 5.57 Å². The van der Waals surface area contributed by atoms with Crippen LogP contribution in [0.5, 0.6) is 5.75 Å². The van der Waals surface area contributed by atoms with Gasteiger partial charge in [0.2, 0.25) is 0 Å². The minimum atomic E-state index is -0.491. The zero-order valence-electron chi connectivity index (χ0n) is 12.8. The van der Waals surface area contributed by atoms with Gasteiger partial charge in [-0.3, -0.25) is 9.79 Å². The fourth-order valence-electron chi connectivity index (χ4n) is 3.01. The lowest BCUT2D eigenvalue weighted by Crippen LogP contribution is -2.50. The van der Waals surface area contributed by atoms with E-state index < -0.39 is 11.6 Å². The number of ether oxygens (including phenoxy) is 1. The van der Waals surface area contributed by atoms with Gasteiger partial charge in [-0.25, -0.2) is 0 Å². The summed E-state index contributed by atoms with van der Waals surface area (Å²) in [5, 5.41) is 6.50. The standard InChI is InChI=1S/C17H20N4O2/c18-16(22)11-7-20-17(21-8-11,12-1-2-12)13-3-5-14(6-4-13)23-15-9-19-10-15/h3-8,12,15,19-20H,1-2,9-10H2,(H2,18,22). The minimum absolute atomic E-state index is 0.269. The molecule has 4 N–H and O–H groups in total. The van der Waals surface area contributed by atoms with Crippen LogP contribution in [0.4, 0.5) is 0 Å². The van der Waals surface area contributed by atoms with E-state index in [4.69, 9.17) is 10.5 Å². The number of carbonyl (C=O) groups excluding carboxylic acids is 1. The third-order valence-corrected chi connectivity index (χ3v) is 4.65. The molecule has 23 heavy (non-hydrogen) atoms. The normalized spacial score (nSPS) is 26.9. The van der Waals surface area contributed by atoms with Gasteiger partial charge in [-0.15, -0.1) is 0 Å². The van der Waals surface area contributed by atoms with Crippen LogP contribution >= 0.6 is 0 Å². The smallest absolute Gasteiger partial charge is 0.251 e. The largest absolute Gasteiger partial charge is 0.488 e. The molecule has 1 aromatic rings. The summed E-state index contributed by atoms with van der Waals surface area (Å²) in [4.78, 5) is 15.9. The highest BCUT2D eigenvalue weighted by Crippen LogP contribution is 2.47. The van der Waals surface area contributed by atoms with Gasteiger partial charge >= 0.3 is 0 Å². The summed E-state index contributed by atoms with van der Waals surface area (Å²) >= 11 is 0. The van der Waals surface area contributed by atoms with Crippen LogP contribution in [0, 0.1) is 5.92 Å². The third-order valence-electron chi connectivity index (χ3n) is 4.65. The molecular weight excluding hydrogens is 292 g/mol. The van der Waals surface area contributed by atoms with Crippen LogP contribution in [0.1, 0.15) is 18.4 Å². The molecule has 1 saturated carbocycles. The quantitative estimate of drug-likeness (QED) is 0.744. The van der Waals surface area contributed by atoms with E-state index in [0.29, 0.717) is 11.5 Å². The first-order valence-corrected chi connectivity index (χ1v) is 7.98. The topological polar surface area (TPSA) is 88.7 Å². The van der Waals surface area contributed by atoms with Crippen LogP contribution in [0.2, 0.25) is 0 Å². The van der Waals surface area contributed by atoms with Crippen molar-refractivity contribution in [3.8, 4) is 5.75 Å². The average Bonchev–Trinajstić information content (AvgIpc) is 3.37. The highest BCUT2D eigenvalue weighted by Gasteiger charge is 2.47. The Labute approximate surface area is 134 Å². The first-order chi connectivity index (χ1) is 11.2. The first-order valence-electron chi connectivity index (χ1n) is 7.98. The molecule has 1 aliphatic carbocycles. The van der Waals surface area contributed by atoms with Gasteiger partial charge in [0.15, 0.2) is 5.66 Å². The summed E-state index contributed by atoms with van der Waals surface area (Å²) in [6.45, 7) is 1.81. The molecule has 6 heteroatoms. The molecule has 1 aromatic carbocycles. The van der Waals surface area contributed by atoms with E-state index in [1.165, 1.54) is 0 Å².